The molecule has 2 saturated heterocycles. The molecule has 4 aromatic rings. The summed E-state index contributed by atoms with van der Waals surface area (Å²) in [6.45, 7) is 10.6. The van der Waals surface area contributed by atoms with Crippen LogP contribution in [0, 0.1) is 25.7 Å². The fourth-order valence-electron chi connectivity index (χ4n) is 12.7. The number of carbonyl (C=O) groups excluding carboxylic acids is 3. The third kappa shape index (κ3) is 7.99. The van der Waals surface area contributed by atoms with E-state index in [1.54, 1.807) is 35.4 Å². The van der Waals surface area contributed by atoms with E-state index in [1.165, 1.54) is 65.0 Å². The van der Waals surface area contributed by atoms with Crippen LogP contribution in [0.25, 0.3) is 0 Å². The predicted molar refractivity (Wildman–Crippen MR) is 240 cm³/mol. The van der Waals surface area contributed by atoms with Crippen LogP contribution >= 0.6 is 11.6 Å². The summed E-state index contributed by atoms with van der Waals surface area (Å²) in [5.74, 6) is 4.51. The van der Waals surface area contributed by atoms with E-state index >= 15 is 0 Å². The fraction of sp³-hybridized carbons (Fsp3) is 0.404. The molecule has 0 saturated carbocycles. The molecule has 13 heteroatoms. The zero-order valence-corrected chi connectivity index (χ0v) is 40.6. The van der Waals surface area contributed by atoms with E-state index in [9.17, 15) is 9.59 Å². The van der Waals surface area contributed by atoms with Crippen molar-refractivity contribution in [3.63, 3.8) is 0 Å². The Labute approximate surface area is 407 Å². The minimum atomic E-state index is -0.814. The summed E-state index contributed by atoms with van der Waals surface area (Å²) in [6, 6.07) is 27.9. The minimum Gasteiger partial charge on any atom is -0.662 e. The average Bonchev–Trinajstić information content (AvgIpc) is 3.84. The average molecular weight is 909 g/mol. The van der Waals surface area contributed by atoms with E-state index in [1.807, 2.05) is 41.3 Å². The van der Waals surface area contributed by atoms with E-state index in [-0.39, 0.29) is 65.1 Å². The Balaban J connectivity index is 0.000000139. The number of hydrogen-bond donors (Lipinski definition) is 0. The number of aryl methyl sites for hydroxylation is 2. The molecule has 4 unspecified atom stereocenters. The van der Waals surface area contributed by atoms with Crippen LogP contribution in [0.1, 0.15) is 72.9 Å². The molecule has 4 heterocycles. The molecule has 2 spiro atoms. The van der Waals surface area contributed by atoms with Crippen molar-refractivity contribution in [2.24, 2.45) is 11.8 Å². The molecule has 1 amide bonds. The summed E-state index contributed by atoms with van der Waals surface area (Å²) >= 11 is 4.95. The van der Waals surface area contributed by atoms with Crippen LogP contribution in [0.2, 0.25) is 0 Å². The number of halogens is 1. The van der Waals surface area contributed by atoms with Crippen molar-refractivity contribution < 1.29 is 73.0 Å². The number of para-hydroxylation sites is 2. The smallest absolute Gasteiger partial charge is 0.662 e. The maximum Gasteiger partial charge on any atom is 1.00 e. The molecule has 8 aliphatic rings. The molecule has 12 rings (SSSR count). The second kappa shape index (κ2) is 18.9. The molecule has 65 heavy (non-hydrogen) atoms. The van der Waals surface area contributed by atoms with Crippen molar-refractivity contribution in [3.05, 3.63) is 142 Å². The third-order valence-electron chi connectivity index (χ3n) is 15.3. The van der Waals surface area contributed by atoms with Crippen molar-refractivity contribution >= 4 is 29.6 Å². The van der Waals surface area contributed by atoms with Gasteiger partial charge in [-0.25, -0.2) is 9.59 Å². The van der Waals surface area contributed by atoms with Gasteiger partial charge in [-0.3, -0.25) is 4.79 Å². The number of benzene rings is 4. The number of allylic oxidation sites excluding steroid dienone is 2. The number of amides is 1. The van der Waals surface area contributed by atoms with Crippen molar-refractivity contribution in [1.29, 1.82) is 0 Å². The predicted octanol–water partition coefficient (Wildman–Crippen LogP) is 5.87. The van der Waals surface area contributed by atoms with Crippen LogP contribution in [0.4, 0.5) is 9.59 Å². The standard InChI is InChI=1S/C25H25NO3.C19H23NO.C7H5ClO2.CH2O3.Na/c1-15-8-10-17-14-20-19-11-9-16(2)23-25(19,21(17)22(15)29-23)12-13-26(20)24(27)28-18-6-4-3-5-7-18;1-11-4-6-13-10-15-14-7-5-12(2)18-19(14,8-9-20(15)3)16(13)17(11)21-18;8-7(9)10-6-4-2-1-3-5-6;2-1-4-3;/h3-10,19-20,23H,11-14H2,1-2H3;4-6,14-15,18H,7-10H2,1-3H3;1-5H;1,3H;/q;;;;+1/p-1/t19?,20?,23-,25-;14?,15?,18-,19-;;;/m11.../s1. The molecule has 0 aromatic heterocycles. The first kappa shape index (κ1) is 46.9. The van der Waals surface area contributed by atoms with Crippen molar-refractivity contribution in [2.45, 2.75) is 101 Å². The molecule has 4 aromatic carbocycles. The van der Waals surface area contributed by atoms with Gasteiger partial charge in [-0.2, -0.15) is 0 Å². The number of nitrogens with zero attached hydrogens (tertiary/aromatic N) is 2. The van der Waals surface area contributed by atoms with Crippen molar-refractivity contribution in [1.82, 2.24) is 9.80 Å². The Bertz CT molecular complexity index is 2520. The van der Waals surface area contributed by atoms with Gasteiger partial charge in [0.15, 0.2) is 0 Å². The van der Waals surface area contributed by atoms with Crippen LogP contribution in [0.15, 0.2) is 108 Å². The number of likely N-dealkylation sites (tertiary alicyclic amines) is 2. The first-order chi connectivity index (χ1) is 30.9. The van der Waals surface area contributed by atoms with Gasteiger partial charge < -0.3 is 38.9 Å². The van der Waals surface area contributed by atoms with Gasteiger partial charge in [0.1, 0.15) is 35.2 Å². The Morgan fingerprint density at radius 3 is 1.66 bits per heavy atom. The van der Waals surface area contributed by atoms with Crippen LogP contribution in [0.3, 0.4) is 0 Å². The molecule has 8 atom stereocenters. The second-order valence-corrected chi connectivity index (χ2v) is 18.7. The maximum atomic E-state index is 13.1. The summed E-state index contributed by atoms with van der Waals surface area (Å²) in [6.07, 6.45) is 11.4. The van der Waals surface area contributed by atoms with Crippen LogP contribution in [-0.4, -0.2) is 72.2 Å². The summed E-state index contributed by atoms with van der Waals surface area (Å²) in [5, 5.41) is 8.43. The summed E-state index contributed by atoms with van der Waals surface area (Å²) < 4.78 is 23.5. The molecule has 4 aliphatic carbocycles. The number of likely N-dealkylation sites (N-methyl/N-ethyl adjacent to an activating group) is 1. The Morgan fingerprint density at radius 2 is 1.17 bits per heavy atom. The van der Waals surface area contributed by atoms with Gasteiger partial charge in [-0.15, -0.1) is 0 Å². The second-order valence-electron chi connectivity index (χ2n) is 18.4. The molecule has 2 fully saturated rings. The van der Waals surface area contributed by atoms with Crippen LogP contribution in [0.5, 0.6) is 23.0 Å². The minimum absolute atomic E-state index is 0. The first-order valence-electron chi connectivity index (χ1n) is 22.2. The molecular weight excluding hydrogens is 855 g/mol. The summed E-state index contributed by atoms with van der Waals surface area (Å²) in [5.41, 5.74) is 10.7. The van der Waals surface area contributed by atoms with E-state index < -0.39 is 5.43 Å². The fourth-order valence-corrected chi connectivity index (χ4v) is 12.8. The van der Waals surface area contributed by atoms with Gasteiger partial charge in [-0.05, 0) is 149 Å². The monoisotopic (exact) mass is 908 g/mol. The SMILES string of the molecule is CC1=CCC2C3Cc4ccc(C)c5c4[C@]2(CCN3C(=O)Oc2ccccc2)[C@@H]1O5.CC1=CCC2C3Cc4ccc(C)c5c4[C@]2(CCN3C)[C@@H]1O5.O=C(Cl)Oc1ccccc1.O=CO[O-].[Na+]. The first-order valence-corrected chi connectivity index (χ1v) is 22.6. The van der Waals surface area contributed by atoms with Crippen LogP contribution < -0.4 is 53.8 Å². The van der Waals surface area contributed by atoms with E-state index in [2.05, 4.69) is 85.7 Å². The molecule has 11 nitrogen and oxygen atoms in total. The topological polar surface area (TPSA) is 127 Å². The van der Waals surface area contributed by atoms with Gasteiger partial charge in [0.25, 0.3) is 6.47 Å². The molecule has 4 aliphatic heterocycles. The number of hydrogen-bond acceptors (Lipinski definition) is 10. The maximum absolute atomic E-state index is 13.1. The van der Waals surface area contributed by atoms with Gasteiger partial charge in [-0.1, -0.05) is 72.8 Å². The zero-order chi connectivity index (χ0) is 44.9. The number of carbonyl (C=O) groups is 3. The van der Waals surface area contributed by atoms with Gasteiger partial charge in [0.2, 0.25) is 0 Å². The van der Waals surface area contributed by atoms with Crippen molar-refractivity contribution in [2.75, 3.05) is 20.1 Å². The summed E-state index contributed by atoms with van der Waals surface area (Å²) in [4.78, 5) is 39.1. The molecular formula is C52H54ClN2NaO9. The van der Waals surface area contributed by atoms with E-state index in [4.69, 9.17) is 35.9 Å². The molecule has 0 N–H and O–H groups in total. The third-order valence-corrected chi connectivity index (χ3v) is 15.4. The zero-order valence-electron chi connectivity index (χ0n) is 37.9. The van der Waals surface area contributed by atoms with Crippen molar-refractivity contribution in [3.8, 4) is 23.0 Å². The van der Waals surface area contributed by atoms with Gasteiger partial charge in [0.05, 0.1) is 0 Å². The van der Waals surface area contributed by atoms with E-state index in [0.29, 0.717) is 36.1 Å². The van der Waals surface area contributed by atoms with Gasteiger partial charge in [0, 0.05) is 52.2 Å². The molecule has 0 radical (unpaired) electrons. The Hall–Kier alpha value is -4.62. The number of rotatable bonds is 3. The van der Waals surface area contributed by atoms with Crippen LogP contribution in [-0.2, 0) is 33.4 Å². The molecule has 334 valence electrons. The van der Waals surface area contributed by atoms with E-state index in [0.717, 1.165) is 30.9 Å². The molecule has 4 bridgehead atoms. The largest absolute Gasteiger partial charge is 1.00 e. The Morgan fingerprint density at radius 1 is 0.708 bits per heavy atom. The summed E-state index contributed by atoms with van der Waals surface area (Å²) in [7, 11) is 2.31. The Kier molecular flexibility index (Phi) is 13.7. The normalized spacial score (nSPS) is 28.3. The number of ether oxygens (including phenoxy) is 4. The van der Waals surface area contributed by atoms with Gasteiger partial charge >= 0.3 is 41.1 Å². The quantitative estimate of drug-likeness (QED) is 0.0616. The number of piperidine rings is 2.